The lowest BCUT2D eigenvalue weighted by atomic mass is 9.97. The van der Waals surface area contributed by atoms with Crippen LogP contribution < -0.4 is 0 Å². The molecule has 0 heterocycles. The molecule has 0 saturated carbocycles. The molecule has 0 aliphatic carbocycles. The number of unbranched alkanes of at least 4 members (excludes halogenated alkanes) is 19. The number of hydrogen-bond donors (Lipinski definition) is 0. The van der Waals surface area contributed by atoms with Crippen molar-refractivity contribution in [1.82, 2.24) is 0 Å². The molecule has 0 spiro atoms. The van der Waals surface area contributed by atoms with Crippen LogP contribution in [0.15, 0.2) is 48.5 Å². The van der Waals surface area contributed by atoms with Gasteiger partial charge in [0.1, 0.15) is 0 Å². The Labute approximate surface area is 299 Å². The van der Waals surface area contributed by atoms with Crippen LogP contribution in [0.25, 0.3) is 0 Å². The predicted molar refractivity (Wildman–Crippen MR) is 206 cm³/mol. The van der Waals surface area contributed by atoms with Crippen LogP contribution in [0.4, 0.5) is 11.4 Å². The fraction of sp³-hybridized carbons (Fsp3) is 0.714. The molecule has 0 aliphatic rings. The highest BCUT2D eigenvalue weighted by Gasteiger charge is 2.29. The van der Waals surface area contributed by atoms with Crippen LogP contribution in [0.1, 0.15) is 205 Å². The van der Waals surface area contributed by atoms with Gasteiger partial charge in [-0.3, -0.25) is 20.2 Å². The minimum atomic E-state index is -0.501. The van der Waals surface area contributed by atoms with E-state index >= 15 is 0 Å². The van der Waals surface area contributed by atoms with E-state index in [9.17, 15) is 20.2 Å². The second-order valence-corrected chi connectivity index (χ2v) is 13.7. The second-order valence-electron chi connectivity index (χ2n) is 13.7. The van der Waals surface area contributed by atoms with Gasteiger partial charge in [-0.25, -0.2) is 0 Å². The third-order valence-corrected chi connectivity index (χ3v) is 9.39. The highest BCUT2D eigenvalue weighted by molar-refractivity contribution is 5.43. The van der Waals surface area contributed by atoms with E-state index in [0.717, 1.165) is 64.2 Å². The summed E-state index contributed by atoms with van der Waals surface area (Å²) in [6, 6.07) is 13.4. The molecule has 2 rings (SSSR count). The molecule has 2 atom stereocenters. The van der Waals surface area contributed by atoms with Crippen molar-refractivity contribution in [2.24, 2.45) is 0 Å². The van der Waals surface area contributed by atoms with Gasteiger partial charge in [0, 0.05) is 12.1 Å². The molecule has 0 saturated heterocycles. The van der Waals surface area contributed by atoms with Gasteiger partial charge in [-0.1, -0.05) is 193 Å². The Hall–Kier alpha value is -2.80. The zero-order valence-corrected chi connectivity index (χ0v) is 31.7. The standard InChI is InChI=1S/C28H40N2O5.C14H30/c1-3-5-7-9-11-21-27(23-17-13-15-19-25(23)29(31)32)35-28(22-12-10-8-6-4-2)24-18-14-16-20-26(24)30(33)34;1-3-5-7-9-11-13-14-12-10-8-6-4-2/h13-20,27-28H,3-12,21-22H2,1-2H3;3-14H2,1-2H3. The molecule has 2 aromatic carbocycles. The molecular formula is C42H70N2O5. The van der Waals surface area contributed by atoms with Crippen molar-refractivity contribution in [3.8, 4) is 0 Å². The molecule has 49 heavy (non-hydrogen) atoms. The van der Waals surface area contributed by atoms with Crippen molar-refractivity contribution >= 4 is 11.4 Å². The second kappa shape index (κ2) is 30.1. The van der Waals surface area contributed by atoms with Gasteiger partial charge in [0.15, 0.2) is 0 Å². The Morgan fingerprint density at radius 2 is 0.714 bits per heavy atom. The molecule has 0 bridgehead atoms. The first-order chi connectivity index (χ1) is 23.9. The van der Waals surface area contributed by atoms with Gasteiger partial charge in [-0.2, -0.15) is 0 Å². The van der Waals surface area contributed by atoms with Crippen LogP contribution in [-0.2, 0) is 4.74 Å². The van der Waals surface area contributed by atoms with Crippen LogP contribution in [0.3, 0.4) is 0 Å². The highest BCUT2D eigenvalue weighted by Crippen LogP contribution is 2.39. The minimum Gasteiger partial charge on any atom is -0.365 e. The fourth-order valence-corrected chi connectivity index (χ4v) is 6.42. The summed E-state index contributed by atoms with van der Waals surface area (Å²) < 4.78 is 6.61. The first kappa shape index (κ1) is 44.2. The molecule has 7 nitrogen and oxygen atoms in total. The van der Waals surface area contributed by atoms with Crippen LogP contribution in [0.5, 0.6) is 0 Å². The maximum Gasteiger partial charge on any atom is 0.275 e. The van der Waals surface area contributed by atoms with E-state index in [2.05, 4.69) is 27.7 Å². The van der Waals surface area contributed by atoms with Crippen molar-refractivity contribution < 1.29 is 14.6 Å². The Bertz CT molecular complexity index is 1020. The molecule has 2 unspecified atom stereocenters. The van der Waals surface area contributed by atoms with E-state index in [1.165, 1.54) is 89.2 Å². The Kier molecular flexibility index (Phi) is 27.1. The fourth-order valence-electron chi connectivity index (χ4n) is 6.42. The van der Waals surface area contributed by atoms with Crippen molar-refractivity contribution in [2.75, 3.05) is 0 Å². The zero-order valence-electron chi connectivity index (χ0n) is 31.7. The quantitative estimate of drug-likeness (QED) is 0.0483. The summed E-state index contributed by atoms with van der Waals surface area (Å²) in [7, 11) is 0. The molecule has 7 heteroatoms. The number of rotatable bonds is 29. The summed E-state index contributed by atoms with van der Waals surface area (Å²) in [6.45, 7) is 8.90. The summed E-state index contributed by atoms with van der Waals surface area (Å²) in [5.74, 6) is 0. The summed E-state index contributed by atoms with van der Waals surface area (Å²) in [5, 5.41) is 23.5. The Balaban J connectivity index is 0.000000721. The third-order valence-electron chi connectivity index (χ3n) is 9.39. The molecule has 278 valence electrons. The molecule has 0 aromatic heterocycles. The van der Waals surface area contributed by atoms with Crippen molar-refractivity contribution in [2.45, 2.75) is 194 Å². The summed E-state index contributed by atoms with van der Waals surface area (Å²) in [5.41, 5.74) is 1.16. The number of nitro groups is 2. The Morgan fingerprint density at radius 3 is 1.00 bits per heavy atom. The monoisotopic (exact) mass is 683 g/mol. The molecule has 0 fully saturated rings. The normalized spacial score (nSPS) is 12.2. The first-order valence-electron chi connectivity index (χ1n) is 20.0. The summed E-state index contributed by atoms with van der Waals surface area (Å²) in [6.07, 6.45) is 28.4. The van der Waals surface area contributed by atoms with Gasteiger partial charge in [0.2, 0.25) is 0 Å². The lowest BCUT2D eigenvalue weighted by molar-refractivity contribution is -0.387. The number of nitro benzene ring substituents is 2. The first-order valence-corrected chi connectivity index (χ1v) is 20.0. The van der Waals surface area contributed by atoms with Crippen molar-refractivity contribution in [3.63, 3.8) is 0 Å². The minimum absolute atomic E-state index is 0.0373. The number of para-hydroxylation sites is 2. The molecule has 0 N–H and O–H groups in total. The third kappa shape index (κ3) is 20.5. The van der Waals surface area contributed by atoms with Gasteiger partial charge < -0.3 is 4.74 Å². The van der Waals surface area contributed by atoms with Crippen LogP contribution in [0.2, 0.25) is 0 Å². The molecule has 0 radical (unpaired) electrons. The Morgan fingerprint density at radius 1 is 0.449 bits per heavy atom. The smallest absolute Gasteiger partial charge is 0.275 e. The van der Waals surface area contributed by atoms with Gasteiger partial charge in [-0.05, 0) is 25.0 Å². The SMILES string of the molecule is CCCCCCCC(OC(CCCCCCC)c1ccccc1[N+](=O)[O-])c1ccccc1[N+](=O)[O-].CCCCCCCCCCCCCC. The van der Waals surface area contributed by atoms with E-state index in [1.54, 1.807) is 36.4 Å². The molecule has 2 aromatic rings. The van der Waals surface area contributed by atoms with Crippen LogP contribution in [-0.4, -0.2) is 9.85 Å². The molecule has 0 amide bonds. The van der Waals surface area contributed by atoms with E-state index in [-0.39, 0.29) is 21.2 Å². The van der Waals surface area contributed by atoms with E-state index in [1.807, 2.05) is 0 Å². The highest BCUT2D eigenvalue weighted by atomic mass is 16.6. The predicted octanol–water partition coefficient (Wildman–Crippen LogP) is 14.7. The largest absolute Gasteiger partial charge is 0.365 e. The average molecular weight is 683 g/mol. The number of hydrogen-bond acceptors (Lipinski definition) is 5. The van der Waals surface area contributed by atoms with Crippen molar-refractivity contribution in [3.05, 3.63) is 79.9 Å². The number of ether oxygens (including phenoxy) is 1. The number of nitrogens with zero attached hydrogens (tertiary/aromatic N) is 2. The van der Waals surface area contributed by atoms with Crippen LogP contribution >= 0.6 is 0 Å². The maximum absolute atomic E-state index is 11.8. The molecular weight excluding hydrogens is 612 g/mol. The van der Waals surface area contributed by atoms with Gasteiger partial charge in [0.25, 0.3) is 11.4 Å². The topological polar surface area (TPSA) is 95.5 Å². The lowest BCUT2D eigenvalue weighted by Crippen LogP contribution is -2.14. The van der Waals surface area contributed by atoms with Crippen molar-refractivity contribution in [1.29, 1.82) is 0 Å². The van der Waals surface area contributed by atoms with E-state index in [0.29, 0.717) is 24.0 Å². The number of benzene rings is 2. The summed E-state index contributed by atoms with van der Waals surface area (Å²) >= 11 is 0. The van der Waals surface area contributed by atoms with Gasteiger partial charge in [-0.15, -0.1) is 0 Å². The average Bonchev–Trinajstić information content (AvgIpc) is 3.11. The van der Waals surface area contributed by atoms with Crippen LogP contribution in [0, 0.1) is 20.2 Å². The maximum atomic E-state index is 11.8. The van der Waals surface area contributed by atoms with Gasteiger partial charge in [0.05, 0.1) is 33.2 Å². The zero-order chi connectivity index (χ0) is 36.0. The van der Waals surface area contributed by atoms with E-state index in [4.69, 9.17) is 4.74 Å². The summed E-state index contributed by atoms with van der Waals surface area (Å²) in [4.78, 5) is 22.8. The molecule has 0 aliphatic heterocycles. The lowest BCUT2D eigenvalue weighted by Gasteiger charge is -2.26. The van der Waals surface area contributed by atoms with E-state index < -0.39 is 12.2 Å². The van der Waals surface area contributed by atoms with Gasteiger partial charge >= 0.3 is 0 Å².